The number of nitrogens with zero attached hydrogens (tertiary/aromatic N) is 1. The maximum absolute atomic E-state index is 12.8. The van der Waals surface area contributed by atoms with E-state index in [0.29, 0.717) is 17.7 Å². The zero-order chi connectivity index (χ0) is 19.4. The maximum Gasteiger partial charge on any atom is 0.445 e. The molecule has 3 rings (SSSR count). The molecule has 1 aliphatic heterocycles. The van der Waals surface area contributed by atoms with Gasteiger partial charge >= 0.3 is 15.3 Å². The summed E-state index contributed by atoms with van der Waals surface area (Å²) < 4.78 is 31.7. The van der Waals surface area contributed by atoms with Crippen molar-refractivity contribution >= 4 is 26.9 Å². The van der Waals surface area contributed by atoms with E-state index in [4.69, 9.17) is 4.74 Å². The van der Waals surface area contributed by atoms with Crippen molar-refractivity contribution in [3.05, 3.63) is 65.7 Å². The first-order valence-corrected chi connectivity index (χ1v) is 9.90. The number of carbonyl (C=O) groups is 2. The van der Waals surface area contributed by atoms with Gasteiger partial charge in [0.2, 0.25) is 5.91 Å². The highest BCUT2D eigenvalue weighted by atomic mass is 32.2. The third-order valence-electron chi connectivity index (χ3n) is 4.22. The molecule has 27 heavy (non-hydrogen) atoms. The fraction of sp³-hybridized carbons (Fsp3) is 0.263. The molecular weight excluding hydrogens is 368 g/mol. The van der Waals surface area contributed by atoms with Crippen LogP contribution in [0.1, 0.15) is 18.1 Å². The summed E-state index contributed by atoms with van der Waals surface area (Å²) in [6, 6.07) is 15.3. The van der Waals surface area contributed by atoms with Crippen molar-refractivity contribution < 1.29 is 22.7 Å². The average Bonchev–Trinajstić information content (AvgIpc) is 2.65. The van der Waals surface area contributed by atoms with E-state index in [-0.39, 0.29) is 19.1 Å². The molecule has 2 aromatic rings. The summed E-state index contributed by atoms with van der Waals surface area (Å²) >= 11 is 0. The molecule has 1 heterocycles. The molecule has 0 saturated heterocycles. The van der Waals surface area contributed by atoms with Crippen LogP contribution in [0.2, 0.25) is 0 Å². The van der Waals surface area contributed by atoms with Gasteiger partial charge < -0.3 is 10.1 Å². The van der Waals surface area contributed by atoms with E-state index in [0.717, 1.165) is 9.87 Å². The third-order valence-corrected chi connectivity index (χ3v) is 5.69. The smallest absolute Gasteiger partial charge is 0.445 e. The number of benzene rings is 2. The van der Waals surface area contributed by atoms with Gasteiger partial charge in [-0.05, 0) is 23.6 Å². The number of hydrogen-bond acceptors (Lipinski definition) is 5. The van der Waals surface area contributed by atoms with Crippen molar-refractivity contribution in [1.29, 1.82) is 0 Å². The number of sulfonamides is 1. The van der Waals surface area contributed by atoms with Crippen molar-refractivity contribution in [2.24, 2.45) is 0 Å². The van der Waals surface area contributed by atoms with E-state index in [9.17, 15) is 18.0 Å². The van der Waals surface area contributed by atoms with Gasteiger partial charge in [-0.15, -0.1) is 0 Å². The molecule has 0 aromatic heterocycles. The molecule has 1 amide bonds. The van der Waals surface area contributed by atoms with Gasteiger partial charge in [0.1, 0.15) is 6.61 Å². The number of anilines is 1. The van der Waals surface area contributed by atoms with Gasteiger partial charge in [-0.2, -0.15) is 8.42 Å². The summed E-state index contributed by atoms with van der Waals surface area (Å²) in [4.78, 5) is 23.7. The lowest BCUT2D eigenvalue weighted by Gasteiger charge is -2.34. The van der Waals surface area contributed by atoms with Crippen LogP contribution >= 0.6 is 0 Å². The molecular formula is C19H20N2O5S. The van der Waals surface area contributed by atoms with Gasteiger partial charge in [-0.1, -0.05) is 48.5 Å². The van der Waals surface area contributed by atoms with Crippen molar-refractivity contribution in [3.63, 3.8) is 0 Å². The van der Waals surface area contributed by atoms with Crippen LogP contribution in [0.4, 0.5) is 10.5 Å². The van der Waals surface area contributed by atoms with Crippen LogP contribution in [-0.2, 0) is 32.6 Å². The molecule has 0 spiro atoms. The molecule has 1 atom stereocenters. The Morgan fingerprint density at radius 2 is 1.78 bits per heavy atom. The topological polar surface area (TPSA) is 92.8 Å². The summed E-state index contributed by atoms with van der Waals surface area (Å²) in [6.45, 7) is 1.20. The van der Waals surface area contributed by atoms with Crippen molar-refractivity contribution in [2.75, 3.05) is 10.8 Å². The molecule has 8 heteroatoms. The molecule has 142 valence electrons. The van der Waals surface area contributed by atoms with Crippen LogP contribution in [-0.4, -0.2) is 32.2 Å². The number of para-hydroxylation sites is 1. The van der Waals surface area contributed by atoms with Crippen molar-refractivity contribution in [3.8, 4) is 0 Å². The summed E-state index contributed by atoms with van der Waals surface area (Å²) in [6.07, 6.45) is 0.487. The lowest BCUT2D eigenvalue weighted by Crippen LogP contribution is -2.51. The molecule has 0 fully saturated rings. The SMILES string of the molecule is CC(=O)N[C@@H]1Cc2ccccc2N(S(=O)(=O)C(=O)OCc2ccccc2)C1. The predicted octanol–water partition coefficient (Wildman–Crippen LogP) is 2.22. The fourth-order valence-electron chi connectivity index (χ4n) is 3.05. The van der Waals surface area contributed by atoms with Gasteiger partial charge in [0, 0.05) is 6.92 Å². The molecule has 1 aliphatic rings. The molecule has 0 saturated carbocycles. The zero-order valence-electron chi connectivity index (χ0n) is 14.8. The summed E-state index contributed by atoms with van der Waals surface area (Å²) in [7, 11) is -4.39. The van der Waals surface area contributed by atoms with Gasteiger partial charge in [-0.3, -0.25) is 9.10 Å². The van der Waals surface area contributed by atoms with E-state index in [1.165, 1.54) is 6.92 Å². The lowest BCUT2D eigenvalue weighted by atomic mass is 10.00. The lowest BCUT2D eigenvalue weighted by molar-refractivity contribution is -0.119. The Morgan fingerprint density at radius 3 is 2.48 bits per heavy atom. The predicted molar refractivity (Wildman–Crippen MR) is 101 cm³/mol. The van der Waals surface area contributed by atoms with Gasteiger partial charge in [0.25, 0.3) is 0 Å². The molecule has 7 nitrogen and oxygen atoms in total. The average molecular weight is 388 g/mol. The summed E-state index contributed by atoms with van der Waals surface area (Å²) in [5.41, 5.74) is 1.86. The quantitative estimate of drug-likeness (QED) is 0.811. The Labute approximate surface area is 158 Å². The summed E-state index contributed by atoms with van der Waals surface area (Å²) in [5.74, 6) is -0.261. The highest BCUT2D eigenvalue weighted by molar-refractivity contribution is 8.06. The van der Waals surface area contributed by atoms with Crippen LogP contribution in [0.25, 0.3) is 0 Å². The molecule has 0 unspecified atom stereocenters. The standard InChI is InChI=1S/C19H20N2O5S/c1-14(22)20-17-11-16-9-5-6-10-18(16)21(12-17)27(24,25)19(23)26-13-15-7-3-2-4-8-15/h2-10,17H,11-13H2,1H3,(H,20,22)/t17-/m1/s1. The second kappa shape index (κ2) is 7.79. The van der Waals surface area contributed by atoms with Gasteiger partial charge in [0.15, 0.2) is 0 Å². The number of hydrogen-bond donors (Lipinski definition) is 1. The van der Waals surface area contributed by atoms with E-state index >= 15 is 0 Å². The number of ether oxygens (including phenoxy) is 1. The first-order chi connectivity index (χ1) is 12.9. The normalized spacial score (nSPS) is 16.3. The third kappa shape index (κ3) is 4.28. The first-order valence-electron chi connectivity index (χ1n) is 8.46. The van der Waals surface area contributed by atoms with Gasteiger partial charge in [0.05, 0.1) is 18.3 Å². The molecule has 2 aromatic carbocycles. The second-order valence-electron chi connectivity index (χ2n) is 6.29. The number of fused-ring (bicyclic) bond motifs is 1. The Kier molecular flexibility index (Phi) is 5.46. The molecule has 0 radical (unpaired) electrons. The first kappa shape index (κ1) is 18.9. The van der Waals surface area contributed by atoms with Crippen LogP contribution in [0, 0.1) is 0 Å². The second-order valence-corrected chi connectivity index (χ2v) is 8.01. The minimum absolute atomic E-state index is 0.0284. The number of nitrogens with one attached hydrogen (secondary N) is 1. The monoisotopic (exact) mass is 388 g/mol. The number of rotatable bonds is 4. The highest BCUT2D eigenvalue weighted by Gasteiger charge is 2.38. The van der Waals surface area contributed by atoms with Crippen LogP contribution < -0.4 is 9.62 Å². The summed E-state index contributed by atoms with van der Waals surface area (Å²) in [5, 5.41) is 1.41. The Morgan fingerprint density at radius 1 is 1.11 bits per heavy atom. The minimum atomic E-state index is -4.39. The van der Waals surface area contributed by atoms with Crippen LogP contribution in [0.5, 0.6) is 0 Å². The van der Waals surface area contributed by atoms with E-state index < -0.39 is 21.4 Å². The number of amides is 1. The van der Waals surface area contributed by atoms with E-state index in [1.807, 2.05) is 6.07 Å². The Balaban J connectivity index is 1.83. The van der Waals surface area contributed by atoms with Gasteiger partial charge in [-0.25, -0.2) is 4.79 Å². The maximum atomic E-state index is 12.8. The molecule has 0 bridgehead atoms. The Bertz CT molecular complexity index is 944. The van der Waals surface area contributed by atoms with Crippen LogP contribution in [0.15, 0.2) is 54.6 Å². The fourth-order valence-corrected chi connectivity index (χ4v) is 4.25. The molecule has 1 N–H and O–H groups in total. The zero-order valence-corrected chi connectivity index (χ0v) is 15.6. The van der Waals surface area contributed by atoms with Crippen LogP contribution in [0.3, 0.4) is 0 Å². The minimum Gasteiger partial charge on any atom is -0.448 e. The highest BCUT2D eigenvalue weighted by Crippen LogP contribution is 2.30. The molecule has 0 aliphatic carbocycles. The Hall–Kier alpha value is -2.87. The largest absolute Gasteiger partial charge is 0.448 e. The number of carbonyl (C=O) groups excluding carboxylic acids is 2. The van der Waals surface area contributed by atoms with Crippen molar-refractivity contribution in [1.82, 2.24) is 5.32 Å². The van der Waals surface area contributed by atoms with E-state index in [1.54, 1.807) is 48.5 Å². The van der Waals surface area contributed by atoms with E-state index in [2.05, 4.69) is 5.32 Å². The van der Waals surface area contributed by atoms with Crippen molar-refractivity contribution in [2.45, 2.75) is 26.0 Å².